The summed E-state index contributed by atoms with van der Waals surface area (Å²) in [5, 5.41) is 12.7. The van der Waals surface area contributed by atoms with Crippen LogP contribution in [0.5, 0.6) is 5.75 Å². The number of aliphatic hydroxyl groups excluding tert-OH is 1. The Morgan fingerprint density at radius 3 is 2.84 bits per heavy atom. The van der Waals surface area contributed by atoms with Gasteiger partial charge in [-0.1, -0.05) is 30.9 Å². The van der Waals surface area contributed by atoms with Crippen LogP contribution in [0.4, 0.5) is 0 Å². The van der Waals surface area contributed by atoms with E-state index in [-0.39, 0.29) is 12.0 Å². The third kappa shape index (κ3) is 3.56. The summed E-state index contributed by atoms with van der Waals surface area (Å²) in [6.45, 7) is 7.04. The van der Waals surface area contributed by atoms with Crippen molar-refractivity contribution < 1.29 is 14.6 Å². The summed E-state index contributed by atoms with van der Waals surface area (Å²) in [6, 6.07) is 7.94. The molecule has 2 rings (SSSR count). The van der Waals surface area contributed by atoms with Gasteiger partial charge >= 0.3 is 0 Å². The molecule has 4 heteroatoms. The van der Waals surface area contributed by atoms with E-state index in [0.29, 0.717) is 19.8 Å². The van der Waals surface area contributed by atoms with Crippen LogP contribution < -0.4 is 10.1 Å². The molecule has 0 unspecified atom stereocenters. The second-order valence-electron chi connectivity index (χ2n) is 4.96. The van der Waals surface area contributed by atoms with Crippen molar-refractivity contribution in [2.45, 2.75) is 6.54 Å². The maximum atomic E-state index is 9.35. The molecule has 0 radical (unpaired) electrons. The molecule has 19 heavy (non-hydrogen) atoms. The second kappa shape index (κ2) is 6.70. The largest absolute Gasteiger partial charge is 0.489 e. The van der Waals surface area contributed by atoms with Crippen LogP contribution in [0, 0.1) is 5.41 Å². The molecule has 2 N–H and O–H groups in total. The summed E-state index contributed by atoms with van der Waals surface area (Å²) in [5.41, 5.74) is 1.01. The first kappa shape index (κ1) is 14.1. The first-order valence-electron chi connectivity index (χ1n) is 6.51. The van der Waals surface area contributed by atoms with Gasteiger partial charge in [-0.15, -0.1) is 0 Å². The van der Waals surface area contributed by atoms with E-state index in [2.05, 4.69) is 11.9 Å². The molecule has 1 heterocycles. The Labute approximate surface area is 114 Å². The lowest BCUT2D eigenvalue weighted by Crippen LogP contribution is -2.52. The van der Waals surface area contributed by atoms with Gasteiger partial charge < -0.3 is 19.9 Å². The van der Waals surface area contributed by atoms with Crippen LogP contribution in [0.3, 0.4) is 0 Å². The molecule has 1 fully saturated rings. The minimum absolute atomic E-state index is 0.100. The lowest BCUT2D eigenvalue weighted by Gasteiger charge is -2.40. The van der Waals surface area contributed by atoms with Crippen LogP contribution >= 0.6 is 0 Å². The fraction of sp³-hybridized carbons (Fsp3) is 0.467. The molecule has 1 aliphatic heterocycles. The van der Waals surface area contributed by atoms with Gasteiger partial charge in [0.25, 0.3) is 0 Å². The van der Waals surface area contributed by atoms with Gasteiger partial charge in [-0.3, -0.25) is 0 Å². The minimum Gasteiger partial charge on any atom is -0.489 e. The van der Waals surface area contributed by atoms with Crippen molar-refractivity contribution in [2.24, 2.45) is 5.41 Å². The highest BCUT2D eigenvalue weighted by Crippen LogP contribution is 2.26. The van der Waals surface area contributed by atoms with Crippen molar-refractivity contribution in [3.05, 3.63) is 42.5 Å². The van der Waals surface area contributed by atoms with Gasteiger partial charge in [0.15, 0.2) is 0 Å². The summed E-state index contributed by atoms with van der Waals surface area (Å²) in [6.07, 6.45) is 1.73. The quantitative estimate of drug-likeness (QED) is 0.695. The highest BCUT2D eigenvalue weighted by atomic mass is 16.5. The lowest BCUT2D eigenvalue weighted by molar-refractivity contribution is -0.134. The number of ether oxygens (including phenoxy) is 2. The monoisotopic (exact) mass is 263 g/mol. The van der Waals surface area contributed by atoms with E-state index < -0.39 is 0 Å². The smallest absolute Gasteiger partial charge is 0.124 e. The fourth-order valence-corrected chi connectivity index (χ4v) is 2.04. The van der Waals surface area contributed by atoms with Crippen LogP contribution in [0.2, 0.25) is 0 Å². The molecule has 0 amide bonds. The van der Waals surface area contributed by atoms with Crippen molar-refractivity contribution in [1.29, 1.82) is 0 Å². The van der Waals surface area contributed by atoms with E-state index in [4.69, 9.17) is 9.47 Å². The Morgan fingerprint density at radius 2 is 2.21 bits per heavy atom. The number of rotatable bonds is 8. The summed E-state index contributed by atoms with van der Waals surface area (Å²) >= 11 is 0. The SMILES string of the molecule is C=CCOc1ccccc1CNCC1(CO)COC1. The topological polar surface area (TPSA) is 50.7 Å². The number of hydrogen-bond acceptors (Lipinski definition) is 4. The van der Waals surface area contributed by atoms with Crippen molar-refractivity contribution in [3.63, 3.8) is 0 Å². The van der Waals surface area contributed by atoms with Crippen molar-refractivity contribution >= 4 is 0 Å². The molecule has 1 aromatic rings. The number of aliphatic hydroxyl groups is 1. The van der Waals surface area contributed by atoms with Crippen LogP contribution in [0.15, 0.2) is 36.9 Å². The van der Waals surface area contributed by atoms with Crippen molar-refractivity contribution in [1.82, 2.24) is 5.32 Å². The highest BCUT2D eigenvalue weighted by molar-refractivity contribution is 5.33. The van der Waals surface area contributed by atoms with E-state index in [1.54, 1.807) is 6.08 Å². The molecule has 0 aliphatic carbocycles. The number of hydrogen-bond donors (Lipinski definition) is 2. The first-order chi connectivity index (χ1) is 9.29. The average molecular weight is 263 g/mol. The zero-order chi connectivity index (χ0) is 13.6. The van der Waals surface area contributed by atoms with Crippen LogP contribution in [-0.4, -0.2) is 38.1 Å². The van der Waals surface area contributed by atoms with E-state index in [9.17, 15) is 5.11 Å². The normalized spacial score (nSPS) is 16.7. The van der Waals surface area contributed by atoms with Crippen LogP contribution in [0.1, 0.15) is 5.56 Å². The predicted molar refractivity (Wildman–Crippen MR) is 74.2 cm³/mol. The second-order valence-corrected chi connectivity index (χ2v) is 4.96. The lowest BCUT2D eigenvalue weighted by atomic mass is 9.87. The Bertz CT molecular complexity index is 410. The van der Waals surface area contributed by atoms with Crippen molar-refractivity contribution in [3.8, 4) is 5.75 Å². The van der Waals surface area contributed by atoms with E-state index in [1.165, 1.54) is 0 Å². The number of nitrogens with one attached hydrogen (secondary N) is 1. The van der Waals surface area contributed by atoms with Gasteiger partial charge in [-0.2, -0.15) is 0 Å². The Morgan fingerprint density at radius 1 is 1.42 bits per heavy atom. The molecule has 0 atom stereocenters. The average Bonchev–Trinajstić information content (AvgIpc) is 2.40. The molecular formula is C15H21NO3. The van der Waals surface area contributed by atoms with Gasteiger partial charge in [0, 0.05) is 18.7 Å². The molecule has 0 saturated carbocycles. The summed E-state index contributed by atoms with van der Waals surface area (Å²) in [4.78, 5) is 0. The molecule has 0 aromatic heterocycles. The Balaban J connectivity index is 1.86. The van der Waals surface area contributed by atoms with Gasteiger partial charge in [-0.25, -0.2) is 0 Å². The maximum Gasteiger partial charge on any atom is 0.124 e. The molecule has 1 aromatic carbocycles. The molecule has 4 nitrogen and oxygen atoms in total. The van der Waals surface area contributed by atoms with Crippen molar-refractivity contribution in [2.75, 3.05) is 33.0 Å². The summed E-state index contributed by atoms with van der Waals surface area (Å²) in [5.74, 6) is 0.873. The van der Waals surface area contributed by atoms with E-state index in [0.717, 1.165) is 24.4 Å². The number of para-hydroxylation sites is 1. The maximum absolute atomic E-state index is 9.35. The van der Waals surface area contributed by atoms with E-state index >= 15 is 0 Å². The Kier molecular flexibility index (Phi) is 4.96. The molecule has 1 aliphatic rings. The first-order valence-corrected chi connectivity index (χ1v) is 6.51. The Hall–Kier alpha value is -1.36. The zero-order valence-corrected chi connectivity index (χ0v) is 11.1. The highest BCUT2D eigenvalue weighted by Gasteiger charge is 2.37. The molecular weight excluding hydrogens is 242 g/mol. The van der Waals surface area contributed by atoms with Crippen LogP contribution in [0.25, 0.3) is 0 Å². The minimum atomic E-state index is -0.100. The molecule has 0 bridgehead atoms. The van der Waals surface area contributed by atoms with Gasteiger partial charge in [-0.05, 0) is 6.07 Å². The third-order valence-corrected chi connectivity index (χ3v) is 3.30. The standard InChI is InChI=1S/C15H21NO3/c1-2-7-19-14-6-4-3-5-13(14)8-16-9-15(10-17)11-18-12-15/h2-6,16-17H,1,7-12H2. The van der Waals surface area contributed by atoms with Gasteiger partial charge in [0.2, 0.25) is 0 Å². The summed E-state index contributed by atoms with van der Waals surface area (Å²) < 4.78 is 10.8. The predicted octanol–water partition coefficient (Wildman–Crippen LogP) is 1.35. The fourth-order valence-electron chi connectivity index (χ4n) is 2.04. The third-order valence-electron chi connectivity index (χ3n) is 3.30. The summed E-state index contributed by atoms with van der Waals surface area (Å²) in [7, 11) is 0. The van der Waals surface area contributed by atoms with Gasteiger partial charge in [0.1, 0.15) is 12.4 Å². The van der Waals surface area contributed by atoms with E-state index in [1.807, 2.05) is 24.3 Å². The van der Waals surface area contributed by atoms with Crippen LogP contribution in [-0.2, 0) is 11.3 Å². The molecule has 0 spiro atoms. The molecule has 104 valence electrons. The zero-order valence-electron chi connectivity index (χ0n) is 11.1. The molecule has 1 saturated heterocycles. The number of benzene rings is 1. The van der Waals surface area contributed by atoms with Gasteiger partial charge in [0.05, 0.1) is 25.2 Å².